The summed E-state index contributed by atoms with van der Waals surface area (Å²) in [6.45, 7) is 10.9. The monoisotopic (exact) mass is 381 g/mol. The molecule has 2 heterocycles. The molecule has 0 saturated heterocycles. The van der Waals surface area contributed by atoms with Gasteiger partial charge in [-0.05, 0) is 30.9 Å². The van der Waals surface area contributed by atoms with Gasteiger partial charge >= 0.3 is 5.90 Å². The number of hydrogen-bond acceptors (Lipinski definition) is 2. The van der Waals surface area contributed by atoms with Gasteiger partial charge in [0.15, 0.2) is 13.2 Å². The lowest BCUT2D eigenvalue weighted by molar-refractivity contribution is -0.513. The molecule has 3 aliphatic rings. The third-order valence-electron chi connectivity index (χ3n) is 7.08. The van der Waals surface area contributed by atoms with Crippen LogP contribution in [0.5, 0.6) is 0 Å². The number of fused-ring (bicyclic) bond motifs is 1. The van der Waals surface area contributed by atoms with Crippen LogP contribution in [0, 0.1) is 5.92 Å². The third kappa shape index (κ3) is 3.73. The van der Waals surface area contributed by atoms with Gasteiger partial charge in [0.2, 0.25) is 0 Å². The van der Waals surface area contributed by atoms with Crippen LogP contribution in [0.3, 0.4) is 0 Å². The van der Waals surface area contributed by atoms with Crippen molar-refractivity contribution < 1.29 is 9.31 Å². The van der Waals surface area contributed by atoms with Crippen LogP contribution in [-0.4, -0.2) is 36.7 Å². The number of anilines is 1. The van der Waals surface area contributed by atoms with Crippen LogP contribution in [0.4, 0.5) is 5.69 Å². The van der Waals surface area contributed by atoms with Crippen molar-refractivity contribution in [3.05, 3.63) is 41.6 Å². The molecule has 2 aliphatic heterocycles. The summed E-state index contributed by atoms with van der Waals surface area (Å²) in [6, 6.07) is 8.96. The fourth-order valence-corrected chi connectivity index (χ4v) is 5.37. The Kier molecular flexibility index (Phi) is 5.80. The largest absolute Gasteiger partial charge is 0.438 e. The number of benzene rings is 1. The van der Waals surface area contributed by atoms with Gasteiger partial charge < -0.3 is 9.64 Å². The van der Waals surface area contributed by atoms with Crippen LogP contribution >= 0.6 is 0 Å². The van der Waals surface area contributed by atoms with Crippen molar-refractivity contribution in [1.29, 1.82) is 0 Å². The van der Waals surface area contributed by atoms with Gasteiger partial charge in [-0.2, -0.15) is 4.58 Å². The lowest BCUT2D eigenvalue weighted by Gasteiger charge is -2.27. The maximum atomic E-state index is 5.99. The lowest BCUT2D eigenvalue weighted by atomic mass is 9.84. The first-order chi connectivity index (χ1) is 13.6. The Balaban J connectivity index is 1.55. The molecule has 1 aromatic rings. The van der Waals surface area contributed by atoms with Gasteiger partial charge in [-0.1, -0.05) is 70.6 Å². The first kappa shape index (κ1) is 19.5. The molecule has 1 saturated carbocycles. The normalized spacial score (nSPS) is 23.0. The number of nitrogens with zero attached hydrogens (tertiary/aromatic N) is 2. The van der Waals surface area contributed by atoms with E-state index >= 15 is 0 Å². The Morgan fingerprint density at radius 3 is 2.75 bits per heavy atom. The Morgan fingerprint density at radius 2 is 1.96 bits per heavy atom. The summed E-state index contributed by atoms with van der Waals surface area (Å²) in [5, 5.41) is 0. The molecular formula is C25H37N2O+. The van der Waals surface area contributed by atoms with Gasteiger partial charge in [0.05, 0.1) is 6.08 Å². The van der Waals surface area contributed by atoms with Gasteiger partial charge in [-0.15, -0.1) is 0 Å². The van der Waals surface area contributed by atoms with Crippen LogP contribution in [0.15, 0.2) is 36.0 Å². The van der Waals surface area contributed by atoms with Crippen molar-refractivity contribution in [3.63, 3.8) is 0 Å². The highest BCUT2D eigenvalue weighted by atomic mass is 16.5. The van der Waals surface area contributed by atoms with Crippen molar-refractivity contribution >= 4 is 11.6 Å². The van der Waals surface area contributed by atoms with Crippen molar-refractivity contribution in [1.82, 2.24) is 0 Å². The van der Waals surface area contributed by atoms with Crippen LogP contribution in [0.1, 0.15) is 71.3 Å². The quantitative estimate of drug-likeness (QED) is 0.458. The lowest BCUT2D eigenvalue weighted by Crippen LogP contribution is -2.29. The molecule has 0 unspecified atom stereocenters. The molecule has 0 atom stereocenters. The van der Waals surface area contributed by atoms with E-state index in [4.69, 9.17) is 4.74 Å². The predicted octanol–water partition coefficient (Wildman–Crippen LogP) is 5.49. The van der Waals surface area contributed by atoms with Crippen molar-refractivity contribution in [3.8, 4) is 0 Å². The van der Waals surface area contributed by atoms with E-state index in [1.807, 2.05) is 0 Å². The highest BCUT2D eigenvalue weighted by Gasteiger charge is 2.41. The van der Waals surface area contributed by atoms with Crippen LogP contribution in [-0.2, 0) is 10.2 Å². The summed E-state index contributed by atoms with van der Waals surface area (Å²) in [5.74, 6) is 2.05. The van der Waals surface area contributed by atoms with Crippen LogP contribution < -0.4 is 4.90 Å². The summed E-state index contributed by atoms with van der Waals surface area (Å²) >= 11 is 0. The number of likely N-dealkylation sites (N-methyl/N-ethyl adjacent to an activating group) is 1. The predicted molar refractivity (Wildman–Crippen MR) is 117 cm³/mol. The van der Waals surface area contributed by atoms with Gasteiger partial charge in [0, 0.05) is 23.3 Å². The molecule has 3 heteroatoms. The summed E-state index contributed by atoms with van der Waals surface area (Å²) < 4.78 is 8.34. The third-order valence-corrected chi connectivity index (χ3v) is 7.08. The molecule has 3 nitrogen and oxygen atoms in total. The molecule has 0 amide bonds. The number of hydrogen-bond donors (Lipinski definition) is 0. The minimum atomic E-state index is 0.0143. The minimum Gasteiger partial charge on any atom is -0.438 e. The van der Waals surface area contributed by atoms with Crippen LogP contribution in [0.25, 0.3) is 0 Å². The average molecular weight is 382 g/mol. The smallest absolute Gasteiger partial charge is 0.364 e. The molecule has 152 valence electrons. The molecule has 4 rings (SSSR count). The standard InChI is InChI=1S/C25H37N2O/c1-4-26-17-18-28-24(26)19-23-25(2,3)21-14-7-8-15-22(21)27(23)16-10-9-13-20-11-5-6-12-20/h7-8,14-15,19-20H,4-6,9-13,16-18H2,1-3H3/q+1. The molecule has 0 spiro atoms. The zero-order chi connectivity index (χ0) is 19.6. The molecule has 0 radical (unpaired) electrons. The highest BCUT2D eigenvalue weighted by Crippen LogP contribution is 2.47. The molecule has 1 aliphatic carbocycles. The minimum absolute atomic E-state index is 0.0143. The first-order valence-corrected chi connectivity index (χ1v) is 11.4. The Labute approximate surface area is 171 Å². The Bertz CT molecular complexity index is 756. The number of unbranched alkanes of at least 4 members (excludes halogenated alkanes) is 1. The van der Waals surface area contributed by atoms with Crippen molar-refractivity contribution in [2.45, 2.75) is 71.1 Å². The molecule has 1 aromatic carbocycles. The van der Waals surface area contributed by atoms with E-state index in [-0.39, 0.29) is 5.41 Å². The Hall–Kier alpha value is -1.77. The highest BCUT2D eigenvalue weighted by molar-refractivity contribution is 5.87. The number of allylic oxidation sites excluding steroid dienone is 1. The second-order valence-corrected chi connectivity index (χ2v) is 9.24. The number of rotatable bonds is 7. The maximum Gasteiger partial charge on any atom is 0.364 e. The van der Waals surface area contributed by atoms with Gasteiger partial charge in [0.25, 0.3) is 0 Å². The van der Waals surface area contributed by atoms with E-state index < -0.39 is 0 Å². The number of para-hydroxylation sites is 1. The molecular weight excluding hydrogens is 344 g/mol. The molecule has 0 bridgehead atoms. The van der Waals surface area contributed by atoms with Crippen molar-refractivity contribution in [2.75, 3.05) is 31.1 Å². The SMILES string of the molecule is CC[N+]1=C(/C=C2/N(CCCCC3CCCC3)c3ccccc3C2(C)C)OCC1. The van der Waals surface area contributed by atoms with E-state index in [0.717, 1.165) is 38.1 Å². The molecule has 0 aromatic heterocycles. The summed E-state index contributed by atoms with van der Waals surface area (Å²) in [4.78, 5) is 2.58. The first-order valence-electron chi connectivity index (χ1n) is 11.4. The zero-order valence-electron chi connectivity index (χ0n) is 18.0. The summed E-state index contributed by atoms with van der Waals surface area (Å²) in [6.07, 6.45) is 12.2. The van der Waals surface area contributed by atoms with E-state index in [1.165, 1.54) is 61.9 Å². The summed E-state index contributed by atoms with van der Waals surface area (Å²) in [5.41, 5.74) is 4.24. The van der Waals surface area contributed by atoms with Gasteiger partial charge in [-0.3, -0.25) is 0 Å². The van der Waals surface area contributed by atoms with E-state index in [0.29, 0.717) is 0 Å². The maximum absolute atomic E-state index is 5.99. The second kappa shape index (κ2) is 8.31. The fourth-order valence-electron chi connectivity index (χ4n) is 5.37. The van der Waals surface area contributed by atoms with Crippen LogP contribution in [0.2, 0.25) is 0 Å². The molecule has 28 heavy (non-hydrogen) atoms. The van der Waals surface area contributed by atoms with Gasteiger partial charge in [-0.25, -0.2) is 0 Å². The molecule has 0 N–H and O–H groups in total. The van der Waals surface area contributed by atoms with E-state index in [9.17, 15) is 0 Å². The average Bonchev–Trinajstić information content (AvgIpc) is 3.41. The second-order valence-electron chi connectivity index (χ2n) is 9.24. The van der Waals surface area contributed by atoms with Gasteiger partial charge in [0.1, 0.15) is 6.54 Å². The fraction of sp³-hybridized carbons (Fsp3) is 0.640. The summed E-state index contributed by atoms with van der Waals surface area (Å²) in [7, 11) is 0. The van der Waals surface area contributed by atoms with E-state index in [2.05, 4.69) is 60.6 Å². The topological polar surface area (TPSA) is 15.5 Å². The van der Waals surface area contributed by atoms with E-state index in [1.54, 1.807) is 0 Å². The Morgan fingerprint density at radius 1 is 1.18 bits per heavy atom. The van der Waals surface area contributed by atoms with Crippen molar-refractivity contribution in [2.24, 2.45) is 5.92 Å². The zero-order valence-corrected chi connectivity index (χ0v) is 18.0. The number of ether oxygens (including phenoxy) is 1. The molecule has 1 fully saturated rings.